The van der Waals surface area contributed by atoms with Gasteiger partial charge < -0.3 is 14.8 Å². The van der Waals surface area contributed by atoms with Gasteiger partial charge >= 0.3 is 0 Å². The van der Waals surface area contributed by atoms with E-state index in [1.807, 2.05) is 13.0 Å². The Bertz CT molecular complexity index is 325. The van der Waals surface area contributed by atoms with E-state index in [-0.39, 0.29) is 5.41 Å². The van der Waals surface area contributed by atoms with Crippen molar-refractivity contribution in [3.63, 3.8) is 0 Å². The number of rotatable bonds is 10. The lowest BCUT2D eigenvalue weighted by Gasteiger charge is -2.25. The van der Waals surface area contributed by atoms with E-state index in [4.69, 9.17) is 9.47 Å². The zero-order valence-corrected chi connectivity index (χ0v) is 12.4. The highest BCUT2D eigenvalue weighted by molar-refractivity contribution is 5.14. The van der Waals surface area contributed by atoms with Crippen LogP contribution in [0.5, 0.6) is 0 Å². The number of benzene rings is 1. The number of nitrogens with one attached hydrogen (secondary N) is 1. The van der Waals surface area contributed by atoms with Crippen LogP contribution in [0, 0.1) is 5.41 Å². The molecule has 0 spiro atoms. The molecule has 0 unspecified atom stereocenters. The van der Waals surface area contributed by atoms with E-state index >= 15 is 0 Å². The largest absolute Gasteiger partial charge is 0.379 e. The third-order valence-electron chi connectivity index (χ3n) is 2.84. The standard InChI is InChI=1S/C16H27NO2/c1-4-18-10-11-19-14-16(2,3)13-17-12-15-8-6-5-7-9-15/h5-9,17H,4,10-14H2,1-3H3. The quantitative estimate of drug-likeness (QED) is 0.660. The molecule has 0 saturated heterocycles. The van der Waals surface area contributed by atoms with Gasteiger partial charge in [0.25, 0.3) is 0 Å². The highest BCUT2D eigenvalue weighted by Crippen LogP contribution is 2.14. The fourth-order valence-electron chi connectivity index (χ4n) is 1.80. The Kier molecular flexibility index (Phi) is 7.72. The van der Waals surface area contributed by atoms with Crippen LogP contribution in [0.4, 0.5) is 0 Å². The summed E-state index contributed by atoms with van der Waals surface area (Å²) in [6.45, 7) is 11.1. The summed E-state index contributed by atoms with van der Waals surface area (Å²) < 4.78 is 10.9. The highest BCUT2D eigenvalue weighted by Gasteiger charge is 2.17. The first kappa shape index (κ1) is 16.2. The van der Waals surface area contributed by atoms with Gasteiger partial charge in [0, 0.05) is 25.1 Å². The molecular weight excluding hydrogens is 238 g/mol. The van der Waals surface area contributed by atoms with Crippen molar-refractivity contribution >= 4 is 0 Å². The summed E-state index contributed by atoms with van der Waals surface area (Å²) in [6, 6.07) is 10.5. The fraction of sp³-hybridized carbons (Fsp3) is 0.625. The third kappa shape index (κ3) is 7.98. The van der Waals surface area contributed by atoms with Crippen molar-refractivity contribution in [2.24, 2.45) is 5.41 Å². The lowest BCUT2D eigenvalue weighted by molar-refractivity contribution is 0.0178. The highest BCUT2D eigenvalue weighted by atomic mass is 16.5. The minimum atomic E-state index is 0.140. The average Bonchev–Trinajstić information content (AvgIpc) is 2.39. The molecule has 0 radical (unpaired) electrons. The summed E-state index contributed by atoms with van der Waals surface area (Å²) in [5.74, 6) is 0. The van der Waals surface area contributed by atoms with E-state index in [2.05, 4.69) is 43.4 Å². The van der Waals surface area contributed by atoms with Crippen LogP contribution in [-0.4, -0.2) is 33.0 Å². The average molecular weight is 265 g/mol. The van der Waals surface area contributed by atoms with E-state index in [0.29, 0.717) is 13.2 Å². The van der Waals surface area contributed by atoms with Crippen molar-refractivity contribution in [2.45, 2.75) is 27.3 Å². The predicted octanol–water partition coefficient (Wildman–Crippen LogP) is 2.86. The Labute approximate surface area is 117 Å². The molecule has 3 heteroatoms. The molecule has 1 aromatic rings. The monoisotopic (exact) mass is 265 g/mol. The first-order valence-electron chi connectivity index (χ1n) is 7.04. The Morgan fingerprint density at radius 1 is 1.05 bits per heavy atom. The fourth-order valence-corrected chi connectivity index (χ4v) is 1.80. The molecule has 0 atom stereocenters. The van der Waals surface area contributed by atoms with Gasteiger partial charge in [0.1, 0.15) is 0 Å². The van der Waals surface area contributed by atoms with Crippen LogP contribution in [0.3, 0.4) is 0 Å². The van der Waals surface area contributed by atoms with Gasteiger partial charge in [-0.3, -0.25) is 0 Å². The molecule has 1 N–H and O–H groups in total. The molecular formula is C16H27NO2. The van der Waals surface area contributed by atoms with Gasteiger partial charge in [-0.25, -0.2) is 0 Å². The molecule has 1 aromatic carbocycles. The molecule has 19 heavy (non-hydrogen) atoms. The molecule has 0 fully saturated rings. The molecule has 0 aliphatic carbocycles. The second-order valence-corrected chi connectivity index (χ2v) is 5.50. The van der Waals surface area contributed by atoms with Crippen LogP contribution in [-0.2, 0) is 16.0 Å². The lowest BCUT2D eigenvalue weighted by atomic mass is 9.95. The Balaban J connectivity index is 2.12. The van der Waals surface area contributed by atoms with Crippen molar-refractivity contribution in [1.29, 1.82) is 0 Å². The Hall–Kier alpha value is -0.900. The zero-order valence-electron chi connectivity index (χ0n) is 12.4. The van der Waals surface area contributed by atoms with Gasteiger partial charge in [0.2, 0.25) is 0 Å². The molecule has 0 aliphatic rings. The molecule has 1 rings (SSSR count). The zero-order chi connectivity index (χ0) is 14.0. The van der Waals surface area contributed by atoms with E-state index in [9.17, 15) is 0 Å². The minimum Gasteiger partial charge on any atom is -0.379 e. The Morgan fingerprint density at radius 3 is 2.42 bits per heavy atom. The summed E-state index contributed by atoms with van der Waals surface area (Å²) in [4.78, 5) is 0. The summed E-state index contributed by atoms with van der Waals surface area (Å²) in [5, 5.41) is 3.48. The molecule has 0 saturated carbocycles. The van der Waals surface area contributed by atoms with Gasteiger partial charge in [-0.05, 0) is 12.5 Å². The van der Waals surface area contributed by atoms with Crippen molar-refractivity contribution < 1.29 is 9.47 Å². The van der Waals surface area contributed by atoms with Crippen molar-refractivity contribution in [2.75, 3.05) is 33.0 Å². The van der Waals surface area contributed by atoms with E-state index in [1.165, 1.54) is 5.56 Å². The molecule has 0 aliphatic heterocycles. The lowest BCUT2D eigenvalue weighted by Crippen LogP contribution is -2.33. The van der Waals surface area contributed by atoms with Crippen molar-refractivity contribution in [1.82, 2.24) is 5.32 Å². The first-order chi connectivity index (χ1) is 9.14. The summed E-state index contributed by atoms with van der Waals surface area (Å²) in [5.41, 5.74) is 1.46. The molecule has 0 heterocycles. The van der Waals surface area contributed by atoms with E-state index in [1.54, 1.807) is 0 Å². The van der Waals surface area contributed by atoms with Gasteiger partial charge in [-0.1, -0.05) is 44.2 Å². The van der Waals surface area contributed by atoms with Gasteiger partial charge in [-0.2, -0.15) is 0 Å². The van der Waals surface area contributed by atoms with Crippen molar-refractivity contribution in [3.8, 4) is 0 Å². The third-order valence-corrected chi connectivity index (χ3v) is 2.84. The molecule has 108 valence electrons. The summed E-state index contributed by atoms with van der Waals surface area (Å²) in [6.07, 6.45) is 0. The topological polar surface area (TPSA) is 30.5 Å². The van der Waals surface area contributed by atoms with Crippen LogP contribution in [0.25, 0.3) is 0 Å². The summed E-state index contributed by atoms with van der Waals surface area (Å²) >= 11 is 0. The smallest absolute Gasteiger partial charge is 0.0700 e. The second kappa shape index (κ2) is 9.08. The molecule has 3 nitrogen and oxygen atoms in total. The van der Waals surface area contributed by atoms with Crippen LogP contribution in [0.2, 0.25) is 0 Å². The van der Waals surface area contributed by atoms with E-state index < -0.39 is 0 Å². The van der Waals surface area contributed by atoms with Crippen molar-refractivity contribution in [3.05, 3.63) is 35.9 Å². The maximum absolute atomic E-state index is 5.64. The number of hydrogen-bond donors (Lipinski definition) is 1. The molecule has 0 bridgehead atoms. The molecule has 0 amide bonds. The first-order valence-corrected chi connectivity index (χ1v) is 7.04. The maximum Gasteiger partial charge on any atom is 0.0700 e. The SMILES string of the molecule is CCOCCOCC(C)(C)CNCc1ccccc1. The number of hydrogen-bond acceptors (Lipinski definition) is 3. The normalized spacial score (nSPS) is 11.7. The predicted molar refractivity (Wildman–Crippen MR) is 79.2 cm³/mol. The van der Waals surface area contributed by atoms with Gasteiger partial charge in [0.15, 0.2) is 0 Å². The second-order valence-electron chi connectivity index (χ2n) is 5.50. The van der Waals surface area contributed by atoms with Crippen LogP contribution < -0.4 is 5.32 Å². The Morgan fingerprint density at radius 2 is 1.74 bits per heavy atom. The van der Waals surface area contributed by atoms with Crippen LogP contribution >= 0.6 is 0 Å². The maximum atomic E-state index is 5.64. The molecule has 0 aromatic heterocycles. The van der Waals surface area contributed by atoms with Crippen LogP contribution in [0.1, 0.15) is 26.3 Å². The van der Waals surface area contributed by atoms with Crippen LogP contribution in [0.15, 0.2) is 30.3 Å². The minimum absolute atomic E-state index is 0.140. The van der Waals surface area contributed by atoms with Gasteiger partial charge in [-0.15, -0.1) is 0 Å². The van der Waals surface area contributed by atoms with Gasteiger partial charge in [0.05, 0.1) is 19.8 Å². The van der Waals surface area contributed by atoms with E-state index in [0.717, 1.165) is 26.3 Å². The summed E-state index contributed by atoms with van der Waals surface area (Å²) in [7, 11) is 0. The number of ether oxygens (including phenoxy) is 2.